The van der Waals surface area contributed by atoms with Gasteiger partial charge in [-0.05, 0) is 66.7 Å². The molecular formula is C36H24N2O. The van der Waals surface area contributed by atoms with Crippen LogP contribution in [0.3, 0.4) is 0 Å². The molecule has 0 fully saturated rings. The van der Waals surface area contributed by atoms with Crippen LogP contribution in [0.25, 0.3) is 49.4 Å². The zero-order chi connectivity index (χ0) is 25.8. The maximum atomic E-state index is 6.43. The van der Waals surface area contributed by atoms with Gasteiger partial charge in [0.25, 0.3) is 0 Å². The zero-order valence-electron chi connectivity index (χ0n) is 21.2. The topological polar surface area (TPSA) is 21.3 Å². The molecule has 2 aromatic heterocycles. The van der Waals surface area contributed by atoms with E-state index in [1.807, 2.05) is 12.1 Å². The van der Waals surface area contributed by atoms with Crippen molar-refractivity contribution in [2.75, 3.05) is 4.90 Å². The molecule has 0 N–H and O–H groups in total. The Morgan fingerprint density at radius 2 is 1.00 bits per heavy atom. The van der Waals surface area contributed by atoms with Crippen molar-refractivity contribution < 1.29 is 4.42 Å². The molecule has 39 heavy (non-hydrogen) atoms. The summed E-state index contributed by atoms with van der Waals surface area (Å²) in [5, 5.41) is 4.74. The highest BCUT2D eigenvalue weighted by Gasteiger charge is 2.17. The van der Waals surface area contributed by atoms with Gasteiger partial charge in [0.15, 0.2) is 0 Å². The maximum absolute atomic E-state index is 6.43. The summed E-state index contributed by atoms with van der Waals surface area (Å²) < 4.78 is 8.78. The summed E-state index contributed by atoms with van der Waals surface area (Å²) in [5.74, 6) is 0. The van der Waals surface area contributed by atoms with Crippen molar-refractivity contribution >= 4 is 60.8 Å². The molecule has 0 saturated carbocycles. The fraction of sp³-hybridized carbons (Fsp3) is 0. The molecule has 0 amide bonds. The van der Waals surface area contributed by atoms with Crippen molar-refractivity contribution in [1.29, 1.82) is 0 Å². The van der Waals surface area contributed by atoms with Gasteiger partial charge in [-0.15, -0.1) is 0 Å². The van der Waals surface area contributed by atoms with Crippen molar-refractivity contribution in [3.05, 3.63) is 146 Å². The summed E-state index contributed by atoms with van der Waals surface area (Å²) in [6.07, 6.45) is 0. The van der Waals surface area contributed by atoms with Gasteiger partial charge >= 0.3 is 0 Å². The number of hydrogen-bond donors (Lipinski definition) is 0. The monoisotopic (exact) mass is 500 g/mol. The molecule has 0 aliphatic heterocycles. The van der Waals surface area contributed by atoms with Crippen LogP contribution < -0.4 is 4.90 Å². The molecule has 0 saturated heterocycles. The minimum Gasteiger partial charge on any atom is -0.456 e. The van der Waals surface area contributed by atoms with E-state index in [0.29, 0.717) is 0 Å². The third-order valence-electron chi connectivity index (χ3n) is 7.56. The molecule has 0 radical (unpaired) electrons. The third kappa shape index (κ3) is 3.44. The molecule has 0 aliphatic rings. The first-order chi connectivity index (χ1) is 19.3. The summed E-state index contributed by atoms with van der Waals surface area (Å²) in [5.41, 5.74) is 8.56. The van der Waals surface area contributed by atoms with Crippen molar-refractivity contribution in [2.45, 2.75) is 0 Å². The number of para-hydroxylation sites is 4. The smallest absolute Gasteiger partial charge is 0.137 e. The van der Waals surface area contributed by atoms with Crippen LogP contribution in [0.1, 0.15) is 0 Å². The second kappa shape index (κ2) is 8.64. The molecule has 0 unspecified atom stereocenters. The van der Waals surface area contributed by atoms with E-state index in [2.05, 4.69) is 143 Å². The van der Waals surface area contributed by atoms with Crippen molar-refractivity contribution in [1.82, 2.24) is 4.57 Å². The second-order valence-electron chi connectivity index (χ2n) is 9.84. The average molecular weight is 501 g/mol. The second-order valence-corrected chi connectivity index (χ2v) is 9.84. The predicted molar refractivity (Wildman–Crippen MR) is 163 cm³/mol. The largest absolute Gasteiger partial charge is 0.456 e. The lowest BCUT2D eigenvalue weighted by Gasteiger charge is -2.25. The van der Waals surface area contributed by atoms with Gasteiger partial charge in [-0.25, -0.2) is 0 Å². The number of benzene rings is 6. The van der Waals surface area contributed by atoms with E-state index in [0.717, 1.165) is 44.7 Å². The zero-order valence-corrected chi connectivity index (χ0v) is 21.2. The Morgan fingerprint density at radius 3 is 1.64 bits per heavy atom. The number of fused-ring (bicyclic) bond motifs is 6. The molecule has 0 atom stereocenters. The van der Waals surface area contributed by atoms with E-state index in [4.69, 9.17) is 4.42 Å². The molecule has 3 nitrogen and oxygen atoms in total. The Hall–Kier alpha value is -5.28. The SMILES string of the molecule is c1ccc(N(c2ccccc2)c2ccc3c(c2)oc2ccc(-n4c5ccccc5c5ccccc54)cc23)cc1. The van der Waals surface area contributed by atoms with Crippen LogP contribution in [0.15, 0.2) is 150 Å². The van der Waals surface area contributed by atoms with Gasteiger partial charge in [0, 0.05) is 50.4 Å². The first kappa shape index (κ1) is 21.8. The van der Waals surface area contributed by atoms with Crippen LogP contribution in [0, 0.1) is 0 Å². The van der Waals surface area contributed by atoms with Gasteiger partial charge in [-0.3, -0.25) is 0 Å². The quantitative estimate of drug-likeness (QED) is 0.240. The standard InChI is InChI=1S/C36H24N2O/c1-3-11-25(12-4-1)37(26-13-5-2-6-14-26)28-19-21-31-32-23-27(20-22-35(32)39-36(31)24-28)38-33-17-9-7-15-29(33)30-16-8-10-18-34(30)38/h1-24H. The lowest BCUT2D eigenvalue weighted by Crippen LogP contribution is -2.09. The number of furan rings is 1. The molecule has 2 heterocycles. The summed E-state index contributed by atoms with van der Waals surface area (Å²) >= 11 is 0. The Bertz CT molecular complexity index is 2030. The molecule has 8 rings (SSSR count). The highest BCUT2D eigenvalue weighted by atomic mass is 16.3. The summed E-state index contributed by atoms with van der Waals surface area (Å²) in [7, 11) is 0. The molecular weight excluding hydrogens is 476 g/mol. The molecule has 8 aromatic rings. The Morgan fingerprint density at radius 1 is 0.410 bits per heavy atom. The Balaban J connectivity index is 1.31. The highest BCUT2D eigenvalue weighted by molar-refractivity contribution is 6.10. The van der Waals surface area contributed by atoms with Gasteiger partial charge in [0.05, 0.1) is 11.0 Å². The number of rotatable bonds is 4. The van der Waals surface area contributed by atoms with Crippen molar-refractivity contribution in [2.24, 2.45) is 0 Å². The van der Waals surface area contributed by atoms with Crippen LogP contribution in [0.2, 0.25) is 0 Å². The molecule has 0 bridgehead atoms. The van der Waals surface area contributed by atoms with E-state index in [-0.39, 0.29) is 0 Å². The fourth-order valence-corrected chi connectivity index (χ4v) is 5.83. The summed E-state index contributed by atoms with van der Waals surface area (Å²) in [6, 6.07) is 51.2. The summed E-state index contributed by atoms with van der Waals surface area (Å²) in [4.78, 5) is 2.26. The molecule has 184 valence electrons. The average Bonchev–Trinajstić information content (AvgIpc) is 3.53. The normalized spacial score (nSPS) is 11.6. The van der Waals surface area contributed by atoms with Crippen molar-refractivity contribution in [3.63, 3.8) is 0 Å². The third-order valence-corrected chi connectivity index (χ3v) is 7.56. The minimum absolute atomic E-state index is 0.874. The predicted octanol–water partition coefficient (Wildman–Crippen LogP) is 10.2. The molecule has 6 aromatic carbocycles. The number of nitrogens with zero attached hydrogens (tertiary/aromatic N) is 2. The van der Waals surface area contributed by atoms with E-state index >= 15 is 0 Å². The van der Waals surface area contributed by atoms with E-state index in [1.54, 1.807) is 0 Å². The Labute approximate surface area is 225 Å². The number of anilines is 3. The fourth-order valence-electron chi connectivity index (χ4n) is 5.83. The van der Waals surface area contributed by atoms with Gasteiger partial charge in [0.2, 0.25) is 0 Å². The van der Waals surface area contributed by atoms with Gasteiger partial charge < -0.3 is 13.9 Å². The van der Waals surface area contributed by atoms with Crippen LogP contribution in [-0.4, -0.2) is 4.57 Å². The molecule has 3 heteroatoms. The van der Waals surface area contributed by atoms with Gasteiger partial charge in [-0.1, -0.05) is 72.8 Å². The van der Waals surface area contributed by atoms with E-state index < -0.39 is 0 Å². The number of aromatic nitrogens is 1. The Kier molecular flexibility index (Phi) is 4.82. The first-order valence-electron chi connectivity index (χ1n) is 13.2. The minimum atomic E-state index is 0.874. The van der Waals surface area contributed by atoms with E-state index in [9.17, 15) is 0 Å². The van der Waals surface area contributed by atoms with Crippen LogP contribution in [-0.2, 0) is 0 Å². The number of hydrogen-bond acceptors (Lipinski definition) is 2. The van der Waals surface area contributed by atoms with Crippen molar-refractivity contribution in [3.8, 4) is 5.69 Å². The molecule has 0 spiro atoms. The lowest BCUT2D eigenvalue weighted by atomic mass is 10.1. The highest BCUT2D eigenvalue weighted by Crippen LogP contribution is 2.39. The van der Waals surface area contributed by atoms with Crippen LogP contribution >= 0.6 is 0 Å². The van der Waals surface area contributed by atoms with Gasteiger partial charge in [0.1, 0.15) is 11.2 Å². The summed E-state index contributed by atoms with van der Waals surface area (Å²) in [6.45, 7) is 0. The lowest BCUT2D eigenvalue weighted by molar-refractivity contribution is 0.669. The first-order valence-corrected chi connectivity index (χ1v) is 13.2. The van der Waals surface area contributed by atoms with Gasteiger partial charge in [-0.2, -0.15) is 0 Å². The van der Waals surface area contributed by atoms with E-state index in [1.165, 1.54) is 21.8 Å². The van der Waals surface area contributed by atoms with Crippen LogP contribution in [0.5, 0.6) is 0 Å². The maximum Gasteiger partial charge on any atom is 0.137 e. The van der Waals surface area contributed by atoms with Crippen LogP contribution in [0.4, 0.5) is 17.1 Å². The molecule has 0 aliphatic carbocycles.